The Morgan fingerprint density at radius 3 is 2.70 bits per heavy atom. The molecule has 110 valence electrons. The molecular formula is C17H24BrNO. The number of fused-ring (bicyclic) bond motifs is 2. The van der Waals surface area contributed by atoms with Crippen LogP contribution in [-0.4, -0.2) is 19.2 Å². The molecule has 4 unspecified atom stereocenters. The van der Waals surface area contributed by atoms with Gasteiger partial charge in [0.2, 0.25) is 0 Å². The third-order valence-electron chi connectivity index (χ3n) is 5.09. The van der Waals surface area contributed by atoms with Crippen LogP contribution in [0.5, 0.6) is 5.75 Å². The van der Waals surface area contributed by atoms with Gasteiger partial charge in [-0.05, 0) is 68.2 Å². The Morgan fingerprint density at radius 2 is 2.05 bits per heavy atom. The van der Waals surface area contributed by atoms with Crippen molar-refractivity contribution in [2.24, 2.45) is 17.8 Å². The van der Waals surface area contributed by atoms with Gasteiger partial charge in [-0.25, -0.2) is 0 Å². The summed E-state index contributed by atoms with van der Waals surface area (Å²) in [6.07, 6.45) is 5.90. The molecule has 0 spiro atoms. The average Bonchev–Trinajstić information content (AvgIpc) is 3.08. The zero-order valence-corrected chi connectivity index (χ0v) is 13.7. The lowest BCUT2D eigenvalue weighted by molar-refractivity contribution is 0.242. The molecule has 0 radical (unpaired) electrons. The molecule has 2 aliphatic rings. The van der Waals surface area contributed by atoms with Gasteiger partial charge in [0.05, 0.1) is 0 Å². The first-order valence-corrected chi connectivity index (χ1v) is 8.63. The van der Waals surface area contributed by atoms with E-state index in [0.717, 1.165) is 41.1 Å². The summed E-state index contributed by atoms with van der Waals surface area (Å²) in [6, 6.07) is 8.67. The van der Waals surface area contributed by atoms with Gasteiger partial charge in [-0.1, -0.05) is 22.4 Å². The second-order valence-corrected chi connectivity index (χ2v) is 7.30. The van der Waals surface area contributed by atoms with Gasteiger partial charge in [0.25, 0.3) is 0 Å². The van der Waals surface area contributed by atoms with Crippen molar-refractivity contribution in [3.05, 3.63) is 28.7 Å². The van der Waals surface area contributed by atoms with Crippen molar-refractivity contribution >= 4 is 15.9 Å². The highest BCUT2D eigenvalue weighted by atomic mass is 79.9. The summed E-state index contributed by atoms with van der Waals surface area (Å²) in [5, 5.41) is 3.66. The third-order valence-corrected chi connectivity index (χ3v) is 5.61. The maximum absolute atomic E-state index is 5.75. The van der Waals surface area contributed by atoms with E-state index in [2.05, 4.69) is 28.2 Å². The molecule has 20 heavy (non-hydrogen) atoms. The molecule has 2 nitrogen and oxygen atoms in total. The molecule has 3 rings (SSSR count). The largest absolute Gasteiger partial charge is 0.492 e. The number of nitrogens with one attached hydrogen (secondary N) is 1. The van der Waals surface area contributed by atoms with Crippen LogP contribution in [0.3, 0.4) is 0 Å². The number of halogens is 1. The molecule has 1 N–H and O–H groups in total. The molecule has 4 atom stereocenters. The van der Waals surface area contributed by atoms with Crippen molar-refractivity contribution in [1.82, 2.24) is 5.32 Å². The first kappa shape index (κ1) is 14.4. The number of hydrogen-bond donors (Lipinski definition) is 1. The van der Waals surface area contributed by atoms with Gasteiger partial charge in [-0.3, -0.25) is 0 Å². The molecule has 2 fully saturated rings. The Morgan fingerprint density at radius 1 is 1.25 bits per heavy atom. The maximum atomic E-state index is 5.75. The van der Waals surface area contributed by atoms with Crippen LogP contribution >= 0.6 is 15.9 Å². The second kappa shape index (κ2) is 6.48. The second-order valence-electron chi connectivity index (χ2n) is 6.38. The topological polar surface area (TPSA) is 21.3 Å². The Hall–Kier alpha value is -0.540. The number of ether oxygens (including phenoxy) is 1. The van der Waals surface area contributed by atoms with Gasteiger partial charge in [0.15, 0.2) is 0 Å². The standard InChI is InChI=1S/C17H24BrNO/c1-12(17-11-13-2-3-14(17)10-13)19-8-9-20-16-6-4-15(18)5-7-16/h4-7,12-14,17,19H,2-3,8-11H2,1H3. The Kier molecular flexibility index (Phi) is 4.67. The van der Waals surface area contributed by atoms with Crippen molar-refractivity contribution in [2.75, 3.05) is 13.2 Å². The van der Waals surface area contributed by atoms with Crippen LogP contribution in [0.25, 0.3) is 0 Å². The highest BCUT2D eigenvalue weighted by Crippen LogP contribution is 2.49. The molecule has 0 saturated heterocycles. The van der Waals surface area contributed by atoms with Crippen molar-refractivity contribution < 1.29 is 4.74 Å². The monoisotopic (exact) mass is 337 g/mol. The molecule has 0 heterocycles. The highest BCUT2D eigenvalue weighted by Gasteiger charge is 2.41. The number of hydrogen-bond acceptors (Lipinski definition) is 2. The lowest BCUT2D eigenvalue weighted by Gasteiger charge is -2.28. The van der Waals surface area contributed by atoms with E-state index in [1.165, 1.54) is 25.7 Å². The molecule has 2 bridgehead atoms. The lowest BCUT2D eigenvalue weighted by atomic mass is 9.84. The van der Waals surface area contributed by atoms with E-state index in [0.29, 0.717) is 6.04 Å². The van der Waals surface area contributed by atoms with E-state index in [1.54, 1.807) is 0 Å². The van der Waals surface area contributed by atoms with E-state index < -0.39 is 0 Å². The summed E-state index contributed by atoms with van der Waals surface area (Å²) in [5.41, 5.74) is 0. The summed E-state index contributed by atoms with van der Waals surface area (Å²) >= 11 is 3.43. The summed E-state index contributed by atoms with van der Waals surface area (Å²) in [5.74, 6) is 3.88. The molecule has 2 aliphatic carbocycles. The molecule has 2 saturated carbocycles. The summed E-state index contributed by atoms with van der Waals surface area (Å²) < 4.78 is 6.84. The maximum Gasteiger partial charge on any atom is 0.119 e. The fourth-order valence-corrected chi connectivity index (χ4v) is 4.31. The van der Waals surface area contributed by atoms with Crippen molar-refractivity contribution in [3.8, 4) is 5.75 Å². The van der Waals surface area contributed by atoms with Crippen LogP contribution in [0.15, 0.2) is 28.7 Å². The average molecular weight is 338 g/mol. The van der Waals surface area contributed by atoms with E-state index in [4.69, 9.17) is 4.74 Å². The third kappa shape index (κ3) is 3.37. The van der Waals surface area contributed by atoms with E-state index in [9.17, 15) is 0 Å². The quantitative estimate of drug-likeness (QED) is 0.784. The first-order chi connectivity index (χ1) is 9.72. The van der Waals surface area contributed by atoms with Crippen molar-refractivity contribution in [3.63, 3.8) is 0 Å². The lowest BCUT2D eigenvalue weighted by Crippen LogP contribution is -2.38. The van der Waals surface area contributed by atoms with E-state index in [-0.39, 0.29) is 0 Å². The van der Waals surface area contributed by atoms with Gasteiger partial charge in [0, 0.05) is 17.1 Å². The van der Waals surface area contributed by atoms with Gasteiger partial charge in [-0.2, -0.15) is 0 Å². The van der Waals surface area contributed by atoms with E-state index >= 15 is 0 Å². The summed E-state index contributed by atoms with van der Waals surface area (Å²) in [4.78, 5) is 0. The minimum absolute atomic E-state index is 0.638. The Balaban J connectivity index is 1.36. The van der Waals surface area contributed by atoms with Gasteiger partial charge in [-0.15, -0.1) is 0 Å². The normalized spacial score (nSPS) is 29.6. The minimum atomic E-state index is 0.638. The molecule has 0 aromatic heterocycles. The molecule has 3 heteroatoms. The van der Waals surface area contributed by atoms with Crippen molar-refractivity contribution in [1.29, 1.82) is 0 Å². The molecular weight excluding hydrogens is 314 g/mol. The minimum Gasteiger partial charge on any atom is -0.492 e. The fraction of sp³-hybridized carbons (Fsp3) is 0.647. The van der Waals surface area contributed by atoms with Crippen LogP contribution in [0, 0.1) is 17.8 Å². The predicted octanol–water partition coefficient (Wildman–Crippen LogP) is 4.24. The number of benzene rings is 1. The zero-order chi connectivity index (χ0) is 13.9. The fourth-order valence-electron chi connectivity index (χ4n) is 4.04. The van der Waals surface area contributed by atoms with Crippen LogP contribution in [0.2, 0.25) is 0 Å². The molecule has 0 amide bonds. The van der Waals surface area contributed by atoms with Crippen LogP contribution < -0.4 is 10.1 Å². The highest BCUT2D eigenvalue weighted by molar-refractivity contribution is 9.10. The van der Waals surface area contributed by atoms with Gasteiger partial charge < -0.3 is 10.1 Å². The molecule has 0 aliphatic heterocycles. The zero-order valence-electron chi connectivity index (χ0n) is 12.1. The SMILES string of the molecule is CC(NCCOc1ccc(Br)cc1)C1CC2CCC1C2. The Labute approximate surface area is 130 Å². The van der Waals surface area contributed by atoms with Gasteiger partial charge in [0.1, 0.15) is 12.4 Å². The summed E-state index contributed by atoms with van der Waals surface area (Å²) in [7, 11) is 0. The van der Waals surface area contributed by atoms with Crippen LogP contribution in [-0.2, 0) is 0 Å². The van der Waals surface area contributed by atoms with Gasteiger partial charge >= 0.3 is 0 Å². The van der Waals surface area contributed by atoms with E-state index in [1.807, 2.05) is 24.3 Å². The van der Waals surface area contributed by atoms with Crippen LogP contribution in [0.1, 0.15) is 32.6 Å². The first-order valence-electron chi connectivity index (χ1n) is 7.84. The van der Waals surface area contributed by atoms with Crippen molar-refractivity contribution in [2.45, 2.75) is 38.6 Å². The number of rotatable bonds is 6. The molecule has 1 aromatic rings. The predicted molar refractivity (Wildman–Crippen MR) is 86.0 cm³/mol. The van der Waals surface area contributed by atoms with Crippen LogP contribution in [0.4, 0.5) is 0 Å². The smallest absolute Gasteiger partial charge is 0.119 e. The summed E-state index contributed by atoms with van der Waals surface area (Å²) in [6.45, 7) is 4.03. The Bertz CT molecular complexity index is 433. The molecule has 1 aromatic carbocycles.